The molecular formula is C14H13NO2. The fourth-order valence-electron chi connectivity index (χ4n) is 1.58. The Morgan fingerprint density at radius 2 is 1.88 bits per heavy atom. The third-order valence-corrected chi connectivity index (χ3v) is 2.73. The van der Waals surface area contributed by atoms with Crippen LogP contribution in [0.1, 0.15) is 18.4 Å². The van der Waals surface area contributed by atoms with Gasteiger partial charge in [0.2, 0.25) is 0 Å². The normalized spacial score (nSPS) is 12.1. The lowest BCUT2D eigenvalue weighted by Crippen LogP contribution is -2.07. The number of rotatable bonds is 3. The van der Waals surface area contributed by atoms with E-state index in [-0.39, 0.29) is 0 Å². The maximum atomic E-state index is 10.8. The molecule has 1 heterocycles. The van der Waals surface area contributed by atoms with Crippen molar-refractivity contribution in [1.82, 2.24) is 4.98 Å². The van der Waals surface area contributed by atoms with Crippen LogP contribution in [-0.4, -0.2) is 16.1 Å². The maximum absolute atomic E-state index is 10.8. The second-order valence-corrected chi connectivity index (χ2v) is 3.90. The highest BCUT2D eigenvalue weighted by molar-refractivity contribution is 5.75. The zero-order valence-electron chi connectivity index (χ0n) is 9.50. The fraction of sp³-hybridized carbons (Fsp3) is 0.143. The van der Waals surface area contributed by atoms with Crippen LogP contribution in [0, 0.1) is 0 Å². The summed E-state index contributed by atoms with van der Waals surface area (Å²) in [5, 5.41) is 8.89. The minimum Gasteiger partial charge on any atom is -0.481 e. The first-order chi connectivity index (χ1) is 8.18. The lowest BCUT2D eigenvalue weighted by atomic mass is 10.0. The molecule has 0 aliphatic carbocycles. The predicted molar refractivity (Wildman–Crippen MR) is 65.7 cm³/mol. The van der Waals surface area contributed by atoms with Crippen molar-refractivity contribution in [3.63, 3.8) is 0 Å². The number of pyridine rings is 1. The van der Waals surface area contributed by atoms with Crippen LogP contribution in [-0.2, 0) is 4.79 Å². The minimum atomic E-state index is -0.834. The van der Waals surface area contributed by atoms with Gasteiger partial charge in [0.05, 0.1) is 11.6 Å². The van der Waals surface area contributed by atoms with Crippen LogP contribution in [0.4, 0.5) is 0 Å². The Morgan fingerprint density at radius 3 is 2.41 bits per heavy atom. The Labute approximate surface area is 99.8 Å². The molecule has 17 heavy (non-hydrogen) atoms. The van der Waals surface area contributed by atoms with Crippen LogP contribution < -0.4 is 0 Å². The summed E-state index contributed by atoms with van der Waals surface area (Å²) < 4.78 is 0. The average molecular weight is 227 g/mol. The lowest BCUT2D eigenvalue weighted by molar-refractivity contribution is -0.138. The molecule has 0 fully saturated rings. The van der Waals surface area contributed by atoms with E-state index < -0.39 is 11.9 Å². The van der Waals surface area contributed by atoms with E-state index in [9.17, 15) is 4.79 Å². The molecule has 2 aromatic rings. The average Bonchev–Trinajstić information content (AvgIpc) is 2.39. The van der Waals surface area contributed by atoms with E-state index in [2.05, 4.69) is 4.98 Å². The van der Waals surface area contributed by atoms with E-state index in [0.29, 0.717) is 0 Å². The van der Waals surface area contributed by atoms with Gasteiger partial charge in [0.1, 0.15) is 0 Å². The molecule has 1 unspecified atom stereocenters. The van der Waals surface area contributed by atoms with Crippen molar-refractivity contribution in [3.05, 3.63) is 54.2 Å². The summed E-state index contributed by atoms with van der Waals surface area (Å²) in [6.45, 7) is 1.65. The van der Waals surface area contributed by atoms with Gasteiger partial charge >= 0.3 is 5.97 Å². The van der Waals surface area contributed by atoms with Gasteiger partial charge in [-0.05, 0) is 18.6 Å². The van der Waals surface area contributed by atoms with Crippen LogP contribution in [0.25, 0.3) is 11.3 Å². The van der Waals surface area contributed by atoms with Crippen molar-refractivity contribution in [1.29, 1.82) is 0 Å². The number of benzene rings is 1. The molecule has 1 aromatic carbocycles. The van der Waals surface area contributed by atoms with Gasteiger partial charge in [0, 0.05) is 11.8 Å². The molecule has 0 amide bonds. The smallest absolute Gasteiger partial charge is 0.310 e. The van der Waals surface area contributed by atoms with E-state index in [0.717, 1.165) is 16.8 Å². The third-order valence-electron chi connectivity index (χ3n) is 2.73. The summed E-state index contributed by atoms with van der Waals surface area (Å²) in [7, 11) is 0. The van der Waals surface area contributed by atoms with Gasteiger partial charge in [-0.1, -0.05) is 36.4 Å². The number of hydrogen-bond acceptors (Lipinski definition) is 2. The summed E-state index contributed by atoms with van der Waals surface area (Å²) >= 11 is 0. The van der Waals surface area contributed by atoms with Crippen molar-refractivity contribution in [3.8, 4) is 11.3 Å². The fourth-order valence-corrected chi connectivity index (χ4v) is 1.58. The molecule has 0 saturated carbocycles. The SMILES string of the molecule is CC(C(=O)O)c1ccc(-c2ccccc2)nc1. The molecule has 0 radical (unpaired) electrons. The molecule has 0 aliphatic rings. The first-order valence-electron chi connectivity index (χ1n) is 5.42. The summed E-state index contributed by atoms with van der Waals surface area (Å²) in [5.41, 5.74) is 2.60. The number of nitrogens with zero attached hydrogens (tertiary/aromatic N) is 1. The molecule has 0 spiro atoms. The van der Waals surface area contributed by atoms with Crippen molar-refractivity contribution >= 4 is 5.97 Å². The Morgan fingerprint density at radius 1 is 1.18 bits per heavy atom. The van der Waals surface area contributed by atoms with E-state index in [1.54, 1.807) is 13.1 Å². The van der Waals surface area contributed by atoms with Gasteiger partial charge in [0.15, 0.2) is 0 Å². The predicted octanol–water partition coefficient (Wildman–Crippen LogP) is 2.94. The zero-order chi connectivity index (χ0) is 12.3. The number of aliphatic carboxylic acids is 1. The third kappa shape index (κ3) is 2.50. The van der Waals surface area contributed by atoms with Crippen LogP contribution in [0.5, 0.6) is 0 Å². The summed E-state index contributed by atoms with van der Waals surface area (Å²) in [6, 6.07) is 13.5. The monoisotopic (exact) mass is 227 g/mol. The summed E-state index contributed by atoms with van der Waals surface area (Å²) in [6.07, 6.45) is 1.63. The second-order valence-electron chi connectivity index (χ2n) is 3.90. The van der Waals surface area contributed by atoms with Gasteiger partial charge in [0.25, 0.3) is 0 Å². The molecular weight excluding hydrogens is 214 g/mol. The Balaban J connectivity index is 2.28. The molecule has 0 saturated heterocycles. The topological polar surface area (TPSA) is 50.2 Å². The Kier molecular flexibility index (Phi) is 3.19. The first kappa shape index (κ1) is 11.3. The molecule has 1 N–H and O–H groups in total. The molecule has 3 nitrogen and oxygen atoms in total. The Bertz CT molecular complexity index is 506. The van der Waals surface area contributed by atoms with E-state index in [1.807, 2.05) is 42.5 Å². The van der Waals surface area contributed by atoms with E-state index >= 15 is 0 Å². The van der Waals surface area contributed by atoms with E-state index in [1.165, 1.54) is 0 Å². The highest BCUT2D eigenvalue weighted by Gasteiger charge is 2.13. The first-order valence-corrected chi connectivity index (χ1v) is 5.42. The van der Waals surface area contributed by atoms with Crippen LogP contribution in [0.3, 0.4) is 0 Å². The van der Waals surface area contributed by atoms with Gasteiger partial charge in [-0.3, -0.25) is 9.78 Å². The summed E-state index contributed by atoms with van der Waals surface area (Å²) in [4.78, 5) is 15.1. The van der Waals surface area contributed by atoms with Crippen molar-refractivity contribution in [2.24, 2.45) is 0 Å². The van der Waals surface area contributed by atoms with Crippen molar-refractivity contribution < 1.29 is 9.90 Å². The van der Waals surface area contributed by atoms with Crippen LogP contribution in [0.15, 0.2) is 48.7 Å². The maximum Gasteiger partial charge on any atom is 0.310 e. The standard InChI is InChI=1S/C14H13NO2/c1-10(14(16)17)12-7-8-13(15-9-12)11-5-3-2-4-6-11/h2-10H,1H3,(H,16,17). The molecule has 0 aliphatic heterocycles. The molecule has 1 atom stereocenters. The van der Waals surface area contributed by atoms with E-state index in [4.69, 9.17) is 5.11 Å². The van der Waals surface area contributed by atoms with Gasteiger partial charge in [-0.15, -0.1) is 0 Å². The van der Waals surface area contributed by atoms with Crippen LogP contribution in [0.2, 0.25) is 0 Å². The van der Waals surface area contributed by atoms with Gasteiger partial charge < -0.3 is 5.11 Å². The van der Waals surface area contributed by atoms with Gasteiger partial charge in [-0.25, -0.2) is 0 Å². The molecule has 2 rings (SSSR count). The number of carbonyl (C=O) groups is 1. The molecule has 86 valence electrons. The van der Waals surface area contributed by atoms with Crippen LogP contribution >= 0.6 is 0 Å². The number of carboxylic acid groups (broad SMARTS) is 1. The molecule has 1 aromatic heterocycles. The Hall–Kier alpha value is -2.16. The quantitative estimate of drug-likeness (QED) is 0.877. The largest absolute Gasteiger partial charge is 0.481 e. The molecule has 0 bridgehead atoms. The number of carboxylic acids is 1. The minimum absolute atomic E-state index is 0.521. The van der Waals surface area contributed by atoms with Crippen molar-refractivity contribution in [2.75, 3.05) is 0 Å². The highest BCUT2D eigenvalue weighted by atomic mass is 16.4. The highest BCUT2D eigenvalue weighted by Crippen LogP contribution is 2.19. The number of aromatic nitrogens is 1. The lowest BCUT2D eigenvalue weighted by Gasteiger charge is -2.07. The van der Waals surface area contributed by atoms with Crippen molar-refractivity contribution in [2.45, 2.75) is 12.8 Å². The zero-order valence-corrected chi connectivity index (χ0v) is 9.50. The molecule has 3 heteroatoms. The number of hydrogen-bond donors (Lipinski definition) is 1. The summed E-state index contributed by atoms with van der Waals surface area (Å²) in [5.74, 6) is -1.36. The second kappa shape index (κ2) is 4.78. The van der Waals surface area contributed by atoms with Gasteiger partial charge in [-0.2, -0.15) is 0 Å².